The van der Waals surface area contributed by atoms with E-state index < -0.39 is 29.9 Å². The molecule has 0 heterocycles. The molecule has 106 valence electrons. The van der Waals surface area contributed by atoms with Gasteiger partial charge in [0.05, 0.1) is 5.97 Å². The fourth-order valence-corrected chi connectivity index (χ4v) is 0.397. The van der Waals surface area contributed by atoms with E-state index in [2.05, 4.69) is 0 Å². The van der Waals surface area contributed by atoms with Crippen LogP contribution in [-0.4, -0.2) is 35.0 Å². The van der Waals surface area contributed by atoms with E-state index in [1.54, 1.807) is 0 Å². The van der Waals surface area contributed by atoms with Gasteiger partial charge in [-0.05, 0) is 20.3 Å². The molecule has 0 rings (SSSR count). The second-order valence-electron chi connectivity index (χ2n) is 2.84. The summed E-state index contributed by atoms with van der Waals surface area (Å²) in [5, 5.41) is 35.7. The minimum atomic E-state index is -1.42. The Labute approximate surface area is 188 Å². The average molecular weight is 333 g/mol. The van der Waals surface area contributed by atoms with Crippen LogP contribution in [0.1, 0.15) is 26.7 Å². The molecule has 12 heteroatoms. The second kappa shape index (κ2) is 25.8. The largest absolute Gasteiger partial charge is 1.00 e. The summed E-state index contributed by atoms with van der Waals surface area (Å²) >= 11 is 0. The van der Waals surface area contributed by atoms with Crippen molar-refractivity contribution < 1.29 is 128 Å². The zero-order chi connectivity index (χ0) is 15.3. The van der Waals surface area contributed by atoms with E-state index in [-0.39, 0.29) is 102 Å². The number of nitrogens with two attached hydrogens (primary N) is 1. The minimum Gasteiger partial charge on any atom is -0.550 e. The van der Waals surface area contributed by atoms with E-state index in [4.69, 9.17) is 30.6 Å². The number of hydrogen-bond donors (Lipinski definition) is 2. The first-order valence-corrected chi connectivity index (χ1v) is 4.54. The summed E-state index contributed by atoms with van der Waals surface area (Å²) in [6.07, 6.45) is -0.327. The van der Waals surface area contributed by atoms with Crippen molar-refractivity contribution in [2.24, 2.45) is 5.73 Å². The summed E-state index contributed by atoms with van der Waals surface area (Å²) in [5.41, 5.74) is 4.94. The van der Waals surface area contributed by atoms with Crippen LogP contribution in [0.15, 0.2) is 0 Å². The molecule has 9 nitrogen and oxygen atoms in total. The van der Waals surface area contributed by atoms with Crippen molar-refractivity contribution in [2.45, 2.75) is 32.7 Å². The monoisotopic (exact) mass is 333 g/mol. The van der Waals surface area contributed by atoms with Crippen LogP contribution in [-0.2, 0) is 19.2 Å². The number of hydrogen-bond acceptors (Lipinski definition) is 8. The van der Waals surface area contributed by atoms with Gasteiger partial charge in [0.1, 0.15) is 0 Å². The first-order valence-electron chi connectivity index (χ1n) is 4.54. The van der Waals surface area contributed by atoms with E-state index in [0.717, 1.165) is 13.8 Å². The third kappa shape index (κ3) is 76.4. The molecule has 0 saturated heterocycles. The summed E-state index contributed by atoms with van der Waals surface area (Å²) < 4.78 is 0. The molecule has 21 heavy (non-hydrogen) atoms. The van der Waals surface area contributed by atoms with Crippen molar-refractivity contribution in [2.75, 3.05) is 0 Å². The summed E-state index contributed by atoms with van der Waals surface area (Å²) in [7, 11) is 0. The Morgan fingerprint density at radius 1 is 0.952 bits per heavy atom. The van der Waals surface area contributed by atoms with Crippen LogP contribution in [0.25, 0.3) is 0 Å². The number of carbonyl (C=O) groups is 4. The molecule has 0 fully saturated rings. The molecule has 0 bridgehead atoms. The number of carboxylic acids is 4. The Hall–Kier alpha value is 0.840. The third-order valence-corrected chi connectivity index (χ3v) is 0.972. The molecule has 0 aromatic rings. The van der Waals surface area contributed by atoms with Crippen LogP contribution in [0, 0.1) is 0 Å². The Kier molecular flexibility index (Phi) is 46.4. The van der Waals surface area contributed by atoms with Crippen molar-refractivity contribution in [3.63, 3.8) is 0 Å². The zero-order valence-corrected chi connectivity index (χ0v) is 18.9. The van der Waals surface area contributed by atoms with Crippen LogP contribution >= 0.6 is 0 Å². The van der Waals surface area contributed by atoms with Gasteiger partial charge in [-0.3, -0.25) is 4.79 Å². The quantitative estimate of drug-likeness (QED) is 0.471. The van der Waals surface area contributed by atoms with Crippen LogP contribution < -0.4 is 110 Å². The third-order valence-electron chi connectivity index (χ3n) is 0.972. The predicted molar refractivity (Wildman–Crippen MR) is 51.2 cm³/mol. The van der Waals surface area contributed by atoms with E-state index in [1.165, 1.54) is 0 Å². The van der Waals surface area contributed by atoms with Crippen molar-refractivity contribution in [1.29, 1.82) is 0 Å². The number of carboxylic acid groups (broad SMARTS) is 4. The molecule has 0 aliphatic heterocycles. The fraction of sp³-hybridized carbons (Fsp3) is 0.556. The van der Waals surface area contributed by atoms with E-state index in [9.17, 15) is 14.7 Å². The van der Waals surface area contributed by atoms with Crippen molar-refractivity contribution in [3.8, 4) is 0 Å². The summed E-state index contributed by atoms with van der Waals surface area (Å²) in [4.78, 5) is 37.5. The number of carbonyl (C=O) groups excluding carboxylic acids is 3. The van der Waals surface area contributed by atoms with Gasteiger partial charge in [-0.15, -0.1) is 0 Å². The van der Waals surface area contributed by atoms with E-state index in [1.807, 2.05) is 0 Å². The van der Waals surface area contributed by atoms with Crippen molar-refractivity contribution >= 4 is 23.9 Å². The normalized spacial score (nSPS) is 8.33. The topological polar surface area (TPSA) is 184 Å². The molecule has 0 unspecified atom stereocenters. The molecule has 0 spiro atoms. The maximum absolute atomic E-state index is 9.88. The molecule has 0 aliphatic rings. The molecule has 1 atom stereocenters. The molecule has 0 saturated carbocycles. The zero-order valence-electron chi connectivity index (χ0n) is 12.9. The predicted octanol–water partition coefficient (Wildman–Crippen LogP) is -13.5. The smallest absolute Gasteiger partial charge is 0.550 e. The molecule has 0 aromatic heterocycles. The van der Waals surface area contributed by atoms with Crippen LogP contribution in [0.3, 0.4) is 0 Å². The summed E-state index contributed by atoms with van der Waals surface area (Å²) in [5.74, 6) is -4.64. The summed E-state index contributed by atoms with van der Waals surface area (Å²) in [6, 6.07) is -1.17. The van der Waals surface area contributed by atoms with Gasteiger partial charge in [-0.25, -0.2) is 0 Å². The molecule has 0 aromatic carbocycles. The molecule has 0 aliphatic carbocycles. The number of aliphatic carboxylic acids is 4. The van der Waals surface area contributed by atoms with Crippen molar-refractivity contribution in [1.82, 2.24) is 0 Å². The molecular formula is C9H14NNa3O8. The molecule has 0 radical (unpaired) electrons. The summed E-state index contributed by atoms with van der Waals surface area (Å²) in [6.45, 7) is 1.94. The maximum Gasteiger partial charge on any atom is 1.00 e. The van der Waals surface area contributed by atoms with Gasteiger partial charge in [0.15, 0.2) is 0 Å². The first-order chi connectivity index (χ1) is 8.00. The van der Waals surface area contributed by atoms with Crippen LogP contribution in [0.4, 0.5) is 0 Å². The van der Waals surface area contributed by atoms with Gasteiger partial charge in [-0.1, -0.05) is 0 Å². The van der Waals surface area contributed by atoms with Gasteiger partial charge in [-0.2, -0.15) is 0 Å². The van der Waals surface area contributed by atoms with Crippen LogP contribution in [0.5, 0.6) is 0 Å². The van der Waals surface area contributed by atoms with Gasteiger partial charge in [0.2, 0.25) is 0 Å². The van der Waals surface area contributed by atoms with E-state index in [0.29, 0.717) is 0 Å². The van der Waals surface area contributed by atoms with Crippen molar-refractivity contribution in [3.05, 3.63) is 0 Å². The maximum atomic E-state index is 9.88. The SMILES string of the molecule is CC(=O)[O-].CC(=O)[O-].N[C@@H](CCC(=O)O)C(=O)[O-].[Na+].[Na+].[Na+]. The Morgan fingerprint density at radius 3 is 1.33 bits per heavy atom. The standard InChI is InChI=1S/C5H9NO4.2C2H4O2.3Na/c6-3(5(9)10)1-2-4(7)8;2*1-2(3)4;;;/h3H,1-2,6H2,(H,7,8)(H,9,10);2*1H3,(H,3,4);;;/q;;;3*+1/p-3/t3-;;;;;/m0...../s1. The second-order valence-corrected chi connectivity index (χ2v) is 2.84. The fourth-order valence-electron chi connectivity index (χ4n) is 0.397. The van der Waals surface area contributed by atoms with Gasteiger partial charge in [0.25, 0.3) is 0 Å². The Morgan fingerprint density at radius 2 is 1.19 bits per heavy atom. The molecular weight excluding hydrogens is 319 g/mol. The van der Waals surface area contributed by atoms with Gasteiger partial charge >= 0.3 is 94.6 Å². The van der Waals surface area contributed by atoms with E-state index >= 15 is 0 Å². The number of rotatable bonds is 4. The molecule has 3 N–H and O–H groups in total. The van der Waals surface area contributed by atoms with Crippen LogP contribution in [0.2, 0.25) is 0 Å². The molecule has 0 amide bonds. The van der Waals surface area contributed by atoms with Gasteiger partial charge < -0.3 is 40.5 Å². The average Bonchev–Trinajstić information content (AvgIpc) is 2.11. The van der Waals surface area contributed by atoms with Gasteiger partial charge in [0, 0.05) is 24.4 Å². The Bertz CT molecular complexity index is 281. The Balaban J connectivity index is -0.0000000439. The minimum absolute atomic E-state index is 0. The first kappa shape index (κ1) is 37.8.